The summed E-state index contributed by atoms with van der Waals surface area (Å²) in [5.41, 5.74) is 8.14. The summed E-state index contributed by atoms with van der Waals surface area (Å²) < 4.78 is 74.9. The molecule has 514 valence electrons. The quantitative estimate of drug-likeness (QED) is 0.0497. The van der Waals surface area contributed by atoms with Gasteiger partial charge in [0.15, 0.2) is 0 Å². The Morgan fingerprint density at radius 2 is 1.02 bits per heavy atom. The molecule has 0 aromatic carbocycles. The average molecular weight is 1350 g/mol. The number of aromatic nitrogens is 12. The summed E-state index contributed by atoms with van der Waals surface area (Å²) in [7, 11) is 5.57. The molecule has 15 heterocycles. The maximum absolute atomic E-state index is 13.4. The number of urea groups is 1. The van der Waals surface area contributed by atoms with Crippen LogP contribution in [-0.4, -0.2) is 221 Å². The van der Waals surface area contributed by atoms with Crippen molar-refractivity contribution in [2.24, 2.45) is 32.5 Å². The minimum atomic E-state index is -4.46. The van der Waals surface area contributed by atoms with Crippen LogP contribution < -0.4 is 21.3 Å². The molecule has 1 aliphatic carbocycles. The Balaban J connectivity index is 0.000000127. The molecule has 0 radical (unpaired) electrons. The van der Waals surface area contributed by atoms with Gasteiger partial charge < -0.3 is 45.5 Å². The van der Waals surface area contributed by atoms with E-state index in [0.717, 1.165) is 110 Å². The van der Waals surface area contributed by atoms with Crippen molar-refractivity contribution in [2.45, 2.75) is 131 Å². The number of hydrogen-bond donors (Lipinski definition) is 4. The highest BCUT2D eigenvalue weighted by atomic mass is 19.4. The highest BCUT2D eigenvalue weighted by molar-refractivity contribution is 5.84. The molecule has 16 rings (SSSR count). The van der Waals surface area contributed by atoms with Crippen molar-refractivity contribution in [2.75, 3.05) is 81.5 Å². The number of carbonyl (C=O) groups is 2. The van der Waals surface area contributed by atoms with E-state index < -0.39 is 47.6 Å². The van der Waals surface area contributed by atoms with Gasteiger partial charge >= 0.3 is 12.2 Å². The third-order valence-corrected chi connectivity index (χ3v) is 20.6. The molecule has 6 aromatic heterocycles. The van der Waals surface area contributed by atoms with Crippen LogP contribution in [0.1, 0.15) is 88.2 Å². The van der Waals surface area contributed by atoms with E-state index in [0.29, 0.717) is 48.4 Å². The maximum atomic E-state index is 13.4. The topological polar surface area (TPSA) is 247 Å². The number of amides is 3. The Morgan fingerprint density at radius 1 is 0.612 bits per heavy atom. The molecule has 1 saturated carbocycles. The fourth-order valence-corrected chi connectivity index (χ4v) is 16.1. The van der Waals surface area contributed by atoms with Gasteiger partial charge in [0.05, 0.1) is 65.9 Å². The predicted molar refractivity (Wildman–Crippen MR) is 352 cm³/mol. The monoisotopic (exact) mass is 1350 g/mol. The van der Waals surface area contributed by atoms with E-state index in [1.165, 1.54) is 28.2 Å². The summed E-state index contributed by atoms with van der Waals surface area (Å²) in [4.78, 5) is 69.4. The third kappa shape index (κ3) is 13.8. The molecule has 26 nitrogen and oxygen atoms in total. The lowest BCUT2D eigenvalue weighted by Crippen LogP contribution is -2.75. The molecular weight excluding hydrogens is 1270 g/mol. The molecule has 4 N–H and O–H groups in total. The number of anilines is 6. The van der Waals surface area contributed by atoms with Crippen LogP contribution >= 0.6 is 0 Å². The van der Waals surface area contributed by atoms with Crippen LogP contribution in [0.15, 0.2) is 92.2 Å². The smallest absolute Gasteiger partial charge is 0.380 e. The second-order valence-corrected chi connectivity index (χ2v) is 28.2. The third-order valence-electron chi connectivity index (χ3n) is 20.6. The first kappa shape index (κ1) is 66.0. The van der Waals surface area contributed by atoms with E-state index in [1.54, 1.807) is 45.0 Å². The van der Waals surface area contributed by atoms with Crippen LogP contribution in [-0.2, 0) is 30.7 Å². The number of ether oxygens (including phenoxy) is 1. The van der Waals surface area contributed by atoms with Gasteiger partial charge in [0.25, 0.3) is 5.92 Å². The van der Waals surface area contributed by atoms with Gasteiger partial charge in [-0.2, -0.15) is 28.5 Å². The van der Waals surface area contributed by atoms with E-state index in [9.17, 15) is 31.5 Å². The summed E-state index contributed by atoms with van der Waals surface area (Å²) in [6.45, 7) is 20.6. The van der Waals surface area contributed by atoms with E-state index >= 15 is 0 Å². The Hall–Kier alpha value is -9.30. The first-order valence-electron chi connectivity index (χ1n) is 33.2. The van der Waals surface area contributed by atoms with Crippen molar-refractivity contribution in [3.05, 3.63) is 132 Å². The van der Waals surface area contributed by atoms with Crippen molar-refractivity contribution in [3.63, 3.8) is 0 Å². The highest BCUT2D eigenvalue weighted by Gasteiger charge is 2.66. The zero-order valence-corrected chi connectivity index (χ0v) is 55.0. The number of alkyl halides is 5. The van der Waals surface area contributed by atoms with Gasteiger partial charge in [-0.15, -0.1) is 0 Å². The number of aryl methyl sites for hydroxylation is 3. The minimum absolute atomic E-state index is 0.0746. The van der Waals surface area contributed by atoms with Crippen molar-refractivity contribution >= 4 is 63.6 Å². The van der Waals surface area contributed by atoms with Gasteiger partial charge in [0.2, 0.25) is 36.8 Å². The normalized spacial score (nSPS) is 25.8. The SMILES string of the molecule is Cn1cc(Nc2nccc(C3=CC4CCC(C3)N4CC3(C)COC3)n2)cn1.[C-]#[N+]CC1(N2C3C=C(c4ccnc(Nc5cnn(C)c5)n4)CC2CC3)CN(C(=O)NCC(F)(F)F)C1.[C-]#[N+]CC1(N2C3C=C(c4ccnc(Nc5cnn(C)c5)n4)CC2CC3)CN(C(=O)[C@@H]2CC2(F)F)C1. The molecule has 6 aromatic rings. The predicted octanol–water partition coefficient (Wildman–Crippen LogP) is 8.16. The second-order valence-electron chi connectivity index (χ2n) is 28.2. The van der Waals surface area contributed by atoms with Crippen LogP contribution in [0.4, 0.5) is 61.7 Å². The number of hydrogen-bond acceptors (Lipinski definition) is 18. The Labute approximate surface area is 563 Å². The lowest BCUT2D eigenvalue weighted by molar-refractivity contribution is -0.151. The van der Waals surface area contributed by atoms with Crippen molar-refractivity contribution < 1.29 is 36.3 Å². The maximum Gasteiger partial charge on any atom is 0.405 e. The summed E-state index contributed by atoms with van der Waals surface area (Å²) in [5, 5.41) is 24.0. The Morgan fingerprint density at radius 3 is 1.39 bits per heavy atom. The molecular formula is C67H78F5N23O3. The standard InChI is InChI=1S/C24H26F2N8O.C23H26F3N9O.C20H26N6O/c1-27-12-23(13-33(14-23)21(35)19-9-24(19,25)26)34-17-3-4-18(34)8-15(7-17)20-5-6-28-22(31-20)30-16-10-29-32(2)11-16;1-27-11-22(13-34(14-22)21(36)29-12-23(24,25)26)35-17-3-4-18(35)8-15(7-17)19-5-6-28-20(32-19)31-16-9-30-33(2)10-16;1-20(12-27-13-20)11-26-16-3-4-17(26)8-14(7-16)18-5-6-21-19(24-18)23-15-9-22-25(2)10-15/h5-7,10-11,17-19H,3-4,8-9,12-14H2,2H3,(H,28,30,31);5-7,9-10,17-18H,3-4,8,11-14H2,2H3,(H,29,36)(H,28,31,32);5-7,9-10,16-17H,3-4,8,11-13H2,1-2H3,(H,21,23,24)/t17?,18?,19-;;/m0../s1. The number of halogens is 5. The van der Waals surface area contributed by atoms with Gasteiger partial charge in [-0.05, 0) is 92.7 Å². The first-order valence-corrected chi connectivity index (χ1v) is 33.2. The summed E-state index contributed by atoms with van der Waals surface area (Å²) in [5.74, 6) is -2.91. The summed E-state index contributed by atoms with van der Waals surface area (Å²) in [6.07, 6.45) is 27.0. The molecule has 7 fully saturated rings. The van der Waals surface area contributed by atoms with Crippen LogP contribution in [0.5, 0.6) is 0 Å². The van der Waals surface area contributed by atoms with E-state index in [-0.39, 0.29) is 56.8 Å². The molecule has 7 atom stereocenters. The number of rotatable bonds is 17. The molecule has 0 spiro atoms. The zero-order chi connectivity index (χ0) is 68.3. The minimum Gasteiger partial charge on any atom is -0.380 e. The van der Waals surface area contributed by atoms with E-state index in [4.69, 9.17) is 27.8 Å². The Bertz CT molecular complexity index is 4150. The fourth-order valence-electron chi connectivity index (χ4n) is 16.1. The molecule has 31 heteroatoms. The van der Waals surface area contributed by atoms with E-state index in [2.05, 4.69) is 101 Å². The molecule has 10 aliphatic rings. The molecule has 9 aliphatic heterocycles. The highest BCUT2D eigenvalue weighted by Crippen LogP contribution is 2.53. The number of nitrogens with zero attached hydrogens (tertiary/aromatic N) is 19. The average Bonchev–Trinajstić information content (AvgIpc) is 1.42. The van der Waals surface area contributed by atoms with Gasteiger partial charge in [-0.1, -0.05) is 25.2 Å². The van der Waals surface area contributed by atoms with Crippen LogP contribution in [0.2, 0.25) is 0 Å². The molecule has 6 bridgehead atoms. The lowest BCUT2D eigenvalue weighted by Gasteiger charge is -2.56. The van der Waals surface area contributed by atoms with Crippen LogP contribution in [0.3, 0.4) is 0 Å². The molecule has 3 amide bonds. The van der Waals surface area contributed by atoms with Crippen LogP contribution in [0.25, 0.3) is 26.4 Å². The summed E-state index contributed by atoms with van der Waals surface area (Å²) in [6, 6.07) is 6.81. The number of nitrogens with one attached hydrogen (secondary N) is 4. The van der Waals surface area contributed by atoms with Crippen LogP contribution in [0, 0.1) is 24.5 Å². The van der Waals surface area contributed by atoms with Gasteiger partial charge in [-0.3, -0.25) is 33.5 Å². The lowest BCUT2D eigenvalue weighted by atomic mass is 9.83. The molecule has 98 heavy (non-hydrogen) atoms. The second kappa shape index (κ2) is 26.2. The van der Waals surface area contributed by atoms with Gasteiger partial charge in [0, 0.05) is 139 Å². The first-order chi connectivity index (χ1) is 47.0. The van der Waals surface area contributed by atoms with Crippen molar-refractivity contribution in [1.82, 2.24) is 89.1 Å². The number of likely N-dealkylation sites (tertiary alicyclic amines) is 2. The largest absolute Gasteiger partial charge is 0.405 e. The molecule has 6 unspecified atom stereocenters. The Kier molecular flexibility index (Phi) is 17.6. The van der Waals surface area contributed by atoms with Crippen molar-refractivity contribution in [3.8, 4) is 0 Å². The summed E-state index contributed by atoms with van der Waals surface area (Å²) >= 11 is 0. The number of carbonyl (C=O) groups excluding carboxylic acids is 2. The van der Waals surface area contributed by atoms with Crippen molar-refractivity contribution in [1.29, 1.82) is 0 Å². The fraction of sp³-hybridized carbons (Fsp3) is 0.537. The van der Waals surface area contributed by atoms with Gasteiger partial charge in [0.1, 0.15) is 23.5 Å². The van der Waals surface area contributed by atoms with E-state index in [1.807, 2.05) is 69.4 Å². The van der Waals surface area contributed by atoms with Gasteiger partial charge in [-0.25, -0.2) is 56.6 Å². The number of fused-ring (bicyclic) bond motifs is 6. The molecule has 6 saturated heterocycles. The zero-order valence-electron chi connectivity index (χ0n) is 55.0.